The van der Waals surface area contributed by atoms with Crippen LogP contribution >= 0.6 is 0 Å². The molecule has 0 aliphatic heterocycles. The smallest absolute Gasteiger partial charge is 0.123 e. The van der Waals surface area contributed by atoms with Gasteiger partial charge in [0.15, 0.2) is 0 Å². The summed E-state index contributed by atoms with van der Waals surface area (Å²) in [7, 11) is 0. The lowest BCUT2D eigenvalue weighted by Gasteiger charge is -2.33. The van der Waals surface area contributed by atoms with Crippen LogP contribution in [0, 0.1) is 24.1 Å². The standard InChI is InChI=1S/C14H22FN/c1-10(2)14(4,9-16)8-12-7-13(15)6-5-11(12)3/h5-7,10H,8-9,16H2,1-4H3. The molecule has 1 atom stereocenters. The molecular weight excluding hydrogens is 201 g/mol. The largest absolute Gasteiger partial charge is 0.330 e. The lowest BCUT2D eigenvalue weighted by atomic mass is 9.74. The summed E-state index contributed by atoms with van der Waals surface area (Å²) in [6.07, 6.45) is 0.838. The zero-order valence-corrected chi connectivity index (χ0v) is 10.7. The van der Waals surface area contributed by atoms with E-state index >= 15 is 0 Å². The van der Waals surface area contributed by atoms with Crippen molar-refractivity contribution in [1.82, 2.24) is 0 Å². The van der Waals surface area contributed by atoms with Gasteiger partial charge in [-0.15, -0.1) is 0 Å². The Balaban J connectivity index is 2.98. The highest BCUT2D eigenvalue weighted by molar-refractivity contribution is 5.27. The first kappa shape index (κ1) is 13.2. The van der Waals surface area contributed by atoms with Gasteiger partial charge in [-0.05, 0) is 54.5 Å². The number of aryl methyl sites for hydroxylation is 1. The van der Waals surface area contributed by atoms with E-state index in [0.29, 0.717) is 12.5 Å². The molecule has 1 aromatic carbocycles. The fraction of sp³-hybridized carbons (Fsp3) is 0.571. The number of rotatable bonds is 4. The zero-order chi connectivity index (χ0) is 12.3. The maximum absolute atomic E-state index is 13.2. The third kappa shape index (κ3) is 2.82. The van der Waals surface area contributed by atoms with E-state index in [1.165, 1.54) is 6.07 Å². The molecule has 0 saturated carbocycles. The molecule has 0 fully saturated rings. The van der Waals surface area contributed by atoms with Crippen molar-refractivity contribution in [2.75, 3.05) is 6.54 Å². The summed E-state index contributed by atoms with van der Waals surface area (Å²) in [6, 6.07) is 4.97. The third-order valence-corrected chi connectivity index (χ3v) is 3.77. The molecule has 1 unspecified atom stereocenters. The van der Waals surface area contributed by atoms with Gasteiger partial charge >= 0.3 is 0 Å². The summed E-state index contributed by atoms with van der Waals surface area (Å²) in [4.78, 5) is 0. The maximum Gasteiger partial charge on any atom is 0.123 e. The molecule has 0 amide bonds. The summed E-state index contributed by atoms with van der Waals surface area (Å²) in [5, 5.41) is 0. The van der Waals surface area contributed by atoms with Gasteiger partial charge in [0.1, 0.15) is 5.82 Å². The van der Waals surface area contributed by atoms with Crippen molar-refractivity contribution in [2.24, 2.45) is 17.1 Å². The normalized spacial score (nSPS) is 15.2. The highest BCUT2D eigenvalue weighted by Crippen LogP contribution is 2.31. The van der Waals surface area contributed by atoms with Gasteiger partial charge in [0.2, 0.25) is 0 Å². The molecule has 16 heavy (non-hydrogen) atoms. The van der Waals surface area contributed by atoms with Gasteiger partial charge in [0.25, 0.3) is 0 Å². The summed E-state index contributed by atoms with van der Waals surface area (Å²) < 4.78 is 13.2. The molecule has 2 heteroatoms. The molecule has 0 bridgehead atoms. The minimum Gasteiger partial charge on any atom is -0.330 e. The van der Waals surface area contributed by atoms with Crippen LogP contribution in [0.3, 0.4) is 0 Å². The molecule has 0 aliphatic rings. The molecule has 0 spiro atoms. The second kappa shape index (κ2) is 4.96. The van der Waals surface area contributed by atoms with E-state index in [1.54, 1.807) is 6.07 Å². The van der Waals surface area contributed by atoms with Gasteiger partial charge in [-0.2, -0.15) is 0 Å². The lowest BCUT2D eigenvalue weighted by molar-refractivity contribution is 0.227. The Morgan fingerprint density at radius 3 is 2.50 bits per heavy atom. The Labute approximate surface area is 97.9 Å². The molecule has 90 valence electrons. The molecule has 0 aliphatic carbocycles. The van der Waals surface area contributed by atoms with E-state index in [-0.39, 0.29) is 11.2 Å². The molecule has 1 nitrogen and oxygen atoms in total. The van der Waals surface area contributed by atoms with Crippen LogP contribution in [0.4, 0.5) is 4.39 Å². The number of halogens is 1. The first-order chi connectivity index (χ1) is 7.39. The van der Waals surface area contributed by atoms with Gasteiger partial charge in [0, 0.05) is 0 Å². The van der Waals surface area contributed by atoms with Gasteiger partial charge in [0.05, 0.1) is 0 Å². The Morgan fingerprint density at radius 2 is 2.00 bits per heavy atom. The van der Waals surface area contributed by atoms with E-state index < -0.39 is 0 Å². The quantitative estimate of drug-likeness (QED) is 0.832. The number of benzene rings is 1. The highest BCUT2D eigenvalue weighted by atomic mass is 19.1. The van der Waals surface area contributed by atoms with Crippen molar-refractivity contribution in [3.8, 4) is 0 Å². The molecule has 0 radical (unpaired) electrons. The highest BCUT2D eigenvalue weighted by Gasteiger charge is 2.27. The fourth-order valence-corrected chi connectivity index (χ4v) is 1.78. The van der Waals surface area contributed by atoms with E-state index in [1.807, 2.05) is 13.0 Å². The topological polar surface area (TPSA) is 26.0 Å². The van der Waals surface area contributed by atoms with Crippen molar-refractivity contribution in [3.05, 3.63) is 35.1 Å². The molecule has 0 aromatic heterocycles. The van der Waals surface area contributed by atoms with E-state index in [2.05, 4.69) is 20.8 Å². The summed E-state index contributed by atoms with van der Waals surface area (Å²) in [6.45, 7) is 9.15. The second-order valence-electron chi connectivity index (χ2n) is 5.26. The van der Waals surface area contributed by atoms with Crippen LogP contribution in [0.5, 0.6) is 0 Å². The summed E-state index contributed by atoms with van der Waals surface area (Å²) in [5.41, 5.74) is 8.10. The predicted molar refractivity (Wildman–Crippen MR) is 66.8 cm³/mol. The molecule has 1 rings (SSSR count). The molecule has 0 saturated heterocycles. The maximum atomic E-state index is 13.2. The van der Waals surface area contributed by atoms with Gasteiger partial charge in [-0.3, -0.25) is 0 Å². The number of hydrogen-bond acceptors (Lipinski definition) is 1. The van der Waals surface area contributed by atoms with E-state index in [0.717, 1.165) is 17.5 Å². The van der Waals surface area contributed by atoms with Gasteiger partial charge in [-0.1, -0.05) is 26.8 Å². The third-order valence-electron chi connectivity index (χ3n) is 3.77. The SMILES string of the molecule is Cc1ccc(F)cc1CC(C)(CN)C(C)C. The predicted octanol–water partition coefficient (Wildman–Crippen LogP) is 3.30. The van der Waals surface area contributed by atoms with Crippen LogP contribution in [0.25, 0.3) is 0 Å². The van der Waals surface area contributed by atoms with Crippen LogP contribution in [0.1, 0.15) is 31.9 Å². The average molecular weight is 223 g/mol. The zero-order valence-electron chi connectivity index (χ0n) is 10.7. The van der Waals surface area contributed by atoms with Gasteiger partial charge in [-0.25, -0.2) is 4.39 Å². The molecule has 0 heterocycles. The van der Waals surface area contributed by atoms with Crippen LogP contribution in [0.2, 0.25) is 0 Å². The first-order valence-corrected chi connectivity index (χ1v) is 5.84. The minimum absolute atomic E-state index is 0.0402. The molecule has 1 aromatic rings. The van der Waals surface area contributed by atoms with Crippen LogP contribution in [-0.2, 0) is 6.42 Å². The monoisotopic (exact) mass is 223 g/mol. The van der Waals surface area contributed by atoms with Crippen molar-refractivity contribution >= 4 is 0 Å². The minimum atomic E-state index is -0.163. The van der Waals surface area contributed by atoms with E-state index in [9.17, 15) is 4.39 Å². The van der Waals surface area contributed by atoms with E-state index in [4.69, 9.17) is 5.73 Å². The summed E-state index contributed by atoms with van der Waals surface area (Å²) >= 11 is 0. The van der Waals surface area contributed by atoms with Crippen molar-refractivity contribution in [1.29, 1.82) is 0 Å². The van der Waals surface area contributed by atoms with Crippen LogP contribution < -0.4 is 5.73 Å². The van der Waals surface area contributed by atoms with Gasteiger partial charge < -0.3 is 5.73 Å². The average Bonchev–Trinajstić information content (AvgIpc) is 2.23. The first-order valence-electron chi connectivity index (χ1n) is 5.84. The van der Waals surface area contributed by atoms with Crippen molar-refractivity contribution < 1.29 is 4.39 Å². The van der Waals surface area contributed by atoms with Crippen molar-refractivity contribution in [3.63, 3.8) is 0 Å². The molecule has 2 N–H and O–H groups in total. The second-order valence-corrected chi connectivity index (χ2v) is 5.26. The Kier molecular flexibility index (Phi) is 4.09. The number of nitrogens with two attached hydrogens (primary N) is 1. The Bertz CT molecular complexity index is 360. The molecular formula is C14H22FN. The number of hydrogen-bond donors (Lipinski definition) is 1. The van der Waals surface area contributed by atoms with Crippen molar-refractivity contribution in [2.45, 2.75) is 34.1 Å². The van der Waals surface area contributed by atoms with Crippen LogP contribution in [-0.4, -0.2) is 6.54 Å². The Hall–Kier alpha value is -0.890. The fourth-order valence-electron chi connectivity index (χ4n) is 1.78. The van der Waals surface area contributed by atoms with Crippen LogP contribution in [0.15, 0.2) is 18.2 Å². The Morgan fingerprint density at radius 1 is 1.38 bits per heavy atom. The lowest BCUT2D eigenvalue weighted by Crippen LogP contribution is -2.35. The summed E-state index contributed by atoms with van der Waals surface area (Å²) in [5.74, 6) is 0.323.